The van der Waals surface area contributed by atoms with Crippen molar-refractivity contribution in [1.29, 1.82) is 0 Å². The van der Waals surface area contributed by atoms with Crippen LogP contribution in [0.2, 0.25) is 0 Å². The van der Waals surface area contributed by atoms with Gasteiger partial charge >= 0.3 is 5.97 Å². The maximum atomic E-state index is 11.8. The highest BCUT2D eigenvalue weighted by Gasteiger charge is 2.37. The van der Waals surface area contributed by atoms with Crippen LogP contribution in [0, 0.1) is 5.92 Å². The average Bonchev–Trinajstić information content (AvgIpc) is 2.11. The fourth-order valence-electron chi connectivity index (χ4n) is 2.03. The molecule has 0 radical (unpaired) electrons. The molecule has 0 saturated carbocycles. The first-order valence-electron chi connectivity index (χ1n) is 5.94. The molecule has 6 nitrogen and oxygen atoms in total. The van der Waals surface area contributed by atoms with Crippen molar-refractivity contribution in [3.8, 4) is 0 Å². The van der Waals surface area contributed by atoms with Crippen molar-refractivity contribution in [2.75, 3.05) is 27.7 Å². The summed E-state index contributed by atoms with van der Waals surface area (Å²) in [6.07, 6.45) is -0.380. The van der Waals surface area contributed by atoms with Crippen molar-refractivity contribution in [1.82, 2.24) is 0 Å². The Kier molecular flexibility index (Phi) is 4.45. The van der Waals surface area contributed by atoms with Gasteiger partial charge in [-0.15, -0.1) is 0 Å². The predicted molar refractivity (Wildman–Crippen MR) is 60.1 cm³/mol. The number of carboxylic acids is 1. The number of hydrogen-bond acceptors (Lipinski definition) is 5. The highest BCUT2D eigenvalue weighted by atomic mass is 16.5. The number of cyclic esters (lactones) is 1. The fraction of sp³-hybridized carbons (Fsp3) is 0.750. The zero-order valence-electron chi connectivity index (χ0n) is 11.0. The number of ketones is 1. The molecule has 0 aliphatic carbocycles. The number of carbonyl (C=O) groups is 3. The van der Waals surface area contributed by atoms with Crippen molar-refractivity contribution in [3.05, 3.63) is 0 Å². The maximum absolute atomic E-state index is 11.8. The van der Waals surface area contributed by atoms with E-state index >= 15 is 0 Å². The van der Waals surface area contributed by atoms with Gasteiger partial charge in [0.15, 0.2) is 6.10 Å². The summed E-state index contributed by atoms with van der Waals surface area (Å²) < 4.78 is 5.51. The lowest BCUT2D eigenvalue weighted by atomic mass is 9.92. The van der Waals surface area contributed by atoms with Crippen LogP contribution in [0.5, 0.6) is 0 Å². The first kappa shape index (κ1) is 14.6. The summed E-state index contributed by atoms with van der Waals surface area (Å²) in [6, 6.07) is 0. The average molecular weight is 257 g/mol. The Hall–Kier alpha value is -1.43. The van der Waals surface area contributed by atoms with Gasteiger partial charge in [0.2, 0.25) is 0 Å². The van der Waals surface area contributed by atoms with E-state index in [0.29, 0.717) is 10.9 Å². The maximum Gasteiger partial charge on any atom is 0.306 e. The molecule has 0 aromatic rings. The van der Waals surface area contributed by atoms with Crippen LogP contribution in [0.1, 0.15) is 19.3 Å². The SMILES string of the molecule is C[N+](C)(C)CC1OC(=O)CCCC(=O)C1C(=O)[O-]. The molecule has 0 bridgehead atoms. The number of hydrogen-bond donors (Lipinski definition) is 0. The molecule has 1 saturated heterocycles. The molecule has 18 heavy (non-hydrogen) atoms. The Balaban J connectivity index is 2.96. The summed E-state index contributed by atoms with van der Waals surface area (Å²) in [5, 5.41) is 11.1. The topological polar surface area (TPSA) is 83.5 Å². The molecular formula is C12H19NO5. The lowest BCUT2D eigenvalue weighted by Crippen LogP contribution is -2.53. The third kappa shape index (κ3) is 4.10. The number of Topliss-reactive ketones (excluding diaryl/α,β-unsaturated/α-hetero) is 1. The number of carbonyl (C=O) groups excluding carboxylic acids is 3. The van der Waals surface area contributed by atoms with E-state index in [1.807, 2.05) is 21.1 Å². The summed E-state index contributed by atoms with van der Waals surface area (Å²) >= 11 is 0. The molecule has 1 aliphatic heterocycles. The lowest BCUT2D eigenvalue weighted by molar-refractivity contribution is -0.873. The minimum Gasteiger partial charge on any atom is -0.549 e. The van der Waals surface area contributed by atoms with Crippen LogP contribution in [-0.4, -0.2) is 56.0 Å². The third-order valence-corrected chi connectivity index (χ3v) is 2.79. The van der Waals surface area contributed by atoms with E-state index in [2.05, 4.69) is 0 Å². The molecule has 2 unspecified atom stereocenters. The van der Waals surface area contributed by atoms with Crippen LogP contribution < -0.4 is 5.11 Å². The monoisotopic (exact) mass is 257 g/mol. The summed E-state index contributed by atoms with van der Waals surface area (Å²) in [7, 11) is 5.51. The number of nitrogens with zero attached hydrogens (tertiary/aromatic N) is 1. The molecule has 1 aliphatic rings. The van der Waals surface area contributed by atoms with E-state index < -0.39 is 29.7 Å². The van der Waals surface area contributed by atoms with Crippen molar-refractivity contribution in [2.24, 2.45) is 5.92 Å². The largest absolute Gasteiger partial charge is 0.549 e. The number of esters is 1. The van der Waals surface area contributed by atoms with Gasteiger partial charge in [-0.25, -0.2) is 0 Å². The van der Waals surface area contributed by atoms with Gasteiger partial charge in [-0.05, 0) is 6.42 Å². The van der Waals surface area contributed by atoms with Gasteiger partial charge in [-0.2, -0.15) is 0 Å². The Morgan fingerprint density at radius 1 is 1.33 bits per heavy atom. The standard InChI is InChI=1S/C12H19NO5/c1-13(2,3)7-9-11(12(16)17)8(14)5-4-6-10(15)18-9/h9,11H,4-7H2,1-3H3. The minimum absolute atomic E-state index is 0.0847. The number of rotatable bonds is 3. The molecule has 0 aromatic heterocycles. The molecule has 1 fully saturated rings. The van der Waals surface area contributed by atoms with E-state index in [-0.39, 0.29) is 19.4 Å². The molecule has 0 aromatic carbocycles. The lowest BCUT2D eigenvalue weighted by Gasteiger charge is -2.34. The summed E-state index contributed by atoms with van der Waals surface area (Å²) in [5.74, 6) is -3.69. The number of carboxylic acid groups (broad SMARTS) is 1. The highest BCUT2D eigenvalue weighted by Crippen LogP contribution is 2.19. The molecule has 6 heteroatoms. The van der Waals surface area contributed by atoms with Gasteiger partial charge in [0.05, 0.1) is 33.0 Å². The van der Waals surface area contributed by atoms with Crippen molar-refractivity contribution >= 4 is 17.7 Å². The third-order valence-electron chi connectivity index (χ3n) is 2.79. The summed E-state index contributed by atoms with van der Waals surface area (Å²) in [4.78, 5) is 34.3. The fourth-order valence-corrected chi connectivity index (χ4v) is 2.03. The van der Waals surface area contributed by atoms with Gasteiger partial charge in [-0.1, -0.05) is 0 Å². The van der Waals surface area contributed by atoms with Crippen LogP contribution in [-0.2, 0) is 19.1 Å². The van der Waals surface area contributed by atoms with Crippen LogP contribution in [0.4, 0.5) is 0 Å². The molecule has 0 spiro atoms. The van der Waals surface area contributed by atoms with Crippen molar-refractivity contribution in [3.63, 3.8) is 0 Å². The van der Waals surface area contributed by atoms with E-state index in [1.165, 1.54) is 0 Å². The van der Waals surface area contributed by atoms with Gasteiger partial charge in [0.1, 0.15) is 12.3 Å². The normalized spacial score (nSPS) is 26.2. The smallest absolute Gasteiger partial charge is 0.306 e. The second-order valence-electron chi connectivity index (χ2n) is 5.62. The summed E-state index contributed by atoms with van der Waals surface area (Å²) in [6.45, 7) is 0.260. The predicted octanol–water partition coefficient (Wildman–Crippen LogP) is -1.28. The molecule has 0 N–H and O–H groups in total. The van der Waals surface area contributed by atoms with Crippen LogP contribution in [0.3, 0.4) is 0 Å². The first-order chi connectivity index (χ1) is 8.20. The number of ether oxygens (including phenoxy) is 1. The van der Waals surface area contributed by atoms with Crippen molar-refractivity contribution in [2.45, 2.75) is 25.4 Å². The molecule has 1 rings (SSSR count). The number of likely N-dealkylation sites (N-methyl/N-ethyl adjacent to an activating group) is 1. The van der Waals surface area contributed by atoms with E-state index in [0.717, 1.165) is 0 Å². The molecule has 2 atom stereocenters. The van der Waals surface area contributed by atoms with E-state index in [1.54, 1.807) is 0 Å². The van der Waals surface area contributed by atoms with Gasteiger partial charge in [0.25, 0.3) is 0 Å². The quantitative estimate of drug-likeness (QED) is 0.357. The van der Waals surface area contributed by atoms with Gasteiger partial charge < -0.3 is 19.1 Å². The zero-order chi connectivity index (χ0) is 13.9. The van der Waals surface area contributed by atoms with E-state index in [9.17, 15) is 19.5 Å². The van der Waals surface area contributed by atoms with E-state index in [4.69, 9.17) is 4.74 Å². The van der Waals surface area contributed by atoms with Crippen LogP contribution >= 0.6 is 0 Å². The number of aliphatic carboxylic acids is 1. The first-order valence-corrected chi connectivity index (χ1v) is 5.94. The number of quaternary nitrogens is 1. The second kappa shape index (κ2) is 5.48. The van der Waals surface area contributed by atoms with Crippen LogP contribution in [0.25, 0.3) is 0 Å². The Morgan fingerprint density at radius 3 is 2.44 bits per heavy atom. The highest BCUT2D eigenvalue weighted by molar-refractivity contribution is 5.98. The molecule has 102 valence electrons. The van der Waals surface area contributed by atoms with Crippen molar-refractivity contribution < 1.29 is 28.7 Å². The minimum atomic E-state index is -1.46. The molecular weight excluding hydrogens is 238 g/mol. The molecule has 1 heterocycles. The Labute approximate surface area is 106 Å². The Bertz CT molecular complexity index is 358. The van der Waals surface area contributed by atoms with Crippen LogP contribution in [0.15, 0.2) is 0 Å². The zero-order valence-corrected chi connectivity index (χ0v) is 11.0. The van der Waals surface area contributed by atoms with Gasteiger partial charge in [0, 0.05) is 12.8 Å². The Morgan fingerprint density at radius 2 is 1.94 bits per heavy atom. The van der Waals surface area contributed by atoms with Gasteiger partial charge in [-0.3, -0.25) is 9.59 Å². The molecule has 0 amide bonds. The second-order valence-corrected chi connectivity index (χ2v) is 5.62. The summed E-state index contributed by atoms with van der Waals surface area (Å²) in [5.41, 5.74) is 0.